The van der Waals surface area contributed by atoms with Crippen LogP contribution in [-0.2, 0) is 14.3 Å². The molecule has 8 nitrogen and oxygen atoms in total. The van der Waals surface area contributed by atoms with Crippen molar-refractivity contribution < 1.29 is 23.5 Å². The average Bonchev–Trinajstić information content (AvgIpc) is 3.25. The number of nitriles is 1. The van der Waals surface area contributed by atoms with Gasteiger partial charge < -0.3 is 14.5 Å². The number of thiazole rings is 1. The molecule has 0 radical (unpaired) electrons. The second kappa shape index (κ2) is 8.75. The van der Waals surface area contributed by atoms with Crippen molar-refractivity contribution in [2.75, 3.05) is 13.2 Å². The molecule has 2 rings (SSSR count). The molecule has 0 aromatic carbocycles. The molecule has 0 fully saturated rings. The molecular weight excluding hydrogens is 346 g/mol. The molecule has 1 unspecified atom stereocenters. The molecule has 1 amide bonds. The van der Waals surface area contributed by atoms with Crippen molar-refractivity contribution in [1.29, 1.82) is 5.26 Å². The fraction of sp³-hybridized carbons (Fsp3) is 0.312. The number of rotatable bonds is 8. The summed E-state index contributed by atoms with van der Waals surface area (Å²) in [7, 11) is 0. The van der Waals surface area contributed by atoms with Gasteiger partial charge >= 0.3 is 5.97 Å². The van der Waals surface area contributed by atoms with Gasteiger partial charge in [0.25, 0.3) is 5.91 Å². The van der Waals surface area contributed by atoms with E-state index in [0.717, 1.165) is 5.69 Å². The first-order valence-electron chi connectivity index (χ1n) is 7.33. The monoisotopic (exact) mass is 361 g/mol. The summed E-state index contributed by atoms with van der Waals surface area (Å²) in [6, 6.07) is 4.94. The summed E-state index contributed by atoms with van der Waals surface area (Å²) in [5.41, 5.74) is 0.720. The van der Waals surface area contributed by atoms with Gasteiger partial charge in [0.2, 0.25) is 0 Å². The van der Waals surface area contributed by atoms with E-state index in [1.54, 1.807) is 18.4 Å². The number of ketones is 1. The molecule has 0 spiro atoms. The maximum Gasteiger partial charge on any atom is 0.308 e. The van der Waals surface area contributed by atoms with Crippen molar-refractivity contribution in [3.8, 4) is 6.07 Å². The summed E-state index contributed by atoms with van der Waals surface area (Å²) in [6.07, 6.45) is 1.26. The third-order valence-corrected chi connectivity index (χ3v) is 4.10. The van der Waals surface area contributed by atoms with Crippen LogP contribution in [0.15, 0.2) is 28.2 Å². The van der Waals surface area contributed by atoms with Crippen LogP contribution in [0.25, 0.3) is 0 Å². The van der Waals surface area contributed by atoms with E-state index >= 15 is 0 Å². The van der Waals surface area contributed by atoms with Gasteiger partial charge in [-0.3, -0.25) is 14.4 Å². The van der Waals surface area contributed by atoms with Crippen LogP contribution in [0.5, 0.6) is 0 Å². The van der Waals surface area contributed by atoms with Gasteiger partial charge in [-0.05, 0) is 19.1 Å². The molecule has 25 heavy (non-hydrogen) atoms. The highest BCUT2D eigenvalue weighted by Crippen LogP contribution is 2.20. The molecule has 1 atom stereocenters. The number of amides is 1. The van der Waals surface area contributed by atoms with E-state index in [0.29, 0.717) is 5.01 Å². The van der Waals surface area contributed by atoms with Crippen LogP contribution in [0.1, 0.15) is 33.6 Å². The zero-order valence-corrected chi connectivity index (χ0v) is 14.2. The summed E-state index contributed by atoms with van der Waals surface area (Å²) in [5, 5.41) is 13.7. The van der Waals surface area contributed by atoms with Gasteiger partial charge in [-0.2, -0.15) is 5.26 Å². The van der Waals surface area contributed by atoms with Crippen LogP contribution in [0, 0.1) is 18.3 Å². The van der Waals surface area contributed by atoms with Crippen molar-refractivity contribution in [1.82, 2.24) is 10.3 Å². The minimum atomic E-state index is -1.05. The van der Waals surface area contributed by atoms with Gasteiger partial charge in [0.15, 0.2) is 24.1 Å². The van der Waals surface area contributed by atoms with Crippen molar-refractivity contribution in [3.05, 3.63) is 40.2 Å². The summed E-state index contributed by atoms with van der Waals surface area (Å²) >= 11 is 1.21. The Hall–Kier alpha value is -2.99. The molecule has 2 aromatic heterocycles. The topological polar surface area (TPSA) is 122 Å². The average molecular weight is 361 g/mol. The van der Waals surface area contributed by atoms with E-state index < -0.39 is 30.2 Å². The molecule has 0 bridgehead atoms. The lowest BCUT2D eigenvalue weighted by Gasteiger charge is -2.07. The second-order valence-electron chi connectivity index (χ2n) is 5.00. The number of esters is 1. The quantitative estimate of drug-likeness (QED) is 0.708. The molecule has 0 aliphatic carbocycles. The number of carbonyl (C=O) groups excluding carboxylic acids is 3. The van der Waals surface area contributed by atoms with Gasteiger partial charge in [-0.25, -0.2) is 4.98 Å². The summed E-state index contributed by atoms with van der Waals surface area (Å²) in [5.74, 6) is -2.55. The van der Waals surface area contributed by atoms with Crippen molar-refractivity contribution in [3.63, 3.8) is 0 Å². The van der Waals surface area contributed by atoms with Gasteiger partial charge in [0.1, 0.15) is 5.01 Å². The number of Topliss-reactive ketones (excluding diaryl/α,β-unsaturated/α-hetero) is 1. The van der Waals surface area contributed by atoms with Crippen molar-refractivity contribution in [2.24, 2.45) is 0 Å². The minimum absolute atomic E-state index is 0.0416. The van der Waals surface area contributed by atoms with E-state index in [1.165, 1.54) is 23.7 Å². The summed E-state index contributed by atoms with van der Waals surface area (Å²) in [6.45, 7) is 1.29. The van der Waals surface area contributed by atoms with Crippen LogP contribution < -0.4 is 5.32 Å². The van der Waals surface area contributed by atoms with Crippen LogP contribution in [-0.4, -0.2) is 35.8 Å². The number of furan rings is 1. The fourth-order valence-corrected chi connectivity index (χ4v) is 2.71. The molecule has 9 heteroatoms. The number of aromatic nitrogens is 1. The van der Waals surface area contributed by atoms with E-state index in [-0.39, 0.29) is 18.7 Å². The van der Waals surface area contributed by atoms with E-state index in [9.17, 15) is 14.4 Å². The van der Waals surface area contributed by atoms with E-state index in [1.807, 2.05) is 6.07 Å². The van der Waals surface area contributed by atoms with E-state index in [2.05, 4.69) is 10.3 Å². The number of hydrogen-bond donors (Lipinski definition) is 1. The Morgan fingerprint density at radius 2 is 2.28 bits per heavy atom. The van der Waals surface area contributed by atoms with Gasteiger partial charge in [0, 0.05) is 17.6 Å². The van der Waals surface area contributed by atoms with Gasteiger partial charge in [0.05, 0.1) is 18.8 Å². The molecule has 2 aromatic rings. The minimum Gasteiger partial charge on any atom is -0.459 e. The Labute approximate surface area is 147 Å². The number of hydrogen-bond acceptors (Lipinski definition) is 8. The Morgan fingerprint density at radius 1 is 1.48 bits per heavy atom. The zero-order valence-electron chi connectivity index (χ0n) is 13.4. The SMILES string of the molecule is Cc1csc(C(C#N)C(=O)COC(=O)CCNC(=O)c2ccco2)n1. The molecule has 0 aliphatic rings. The summed E-state index contributed by atoms with van der Waals surface area (Å²) < 4.78 is 9.76. The normalized spacial score (nSPS) is 11.4. The van der Waals surface area contributed by atoms with Crippen molar-refractivity contribution >= 4 is 29.0 Å². The van der Waals surface area contributed by atoms with Crippen molar-refractivity contribution in [2.45, 2.75) is 19.3 Å². The highest BCUT2D eigenvalue weighted by atomic mass is 32.1. The fourth-order valence-electron chi connectivity index (χ4n) is 1.85. The maximum absolute atomic E-state index is 12.0. The Morgan fingerprint density at radius 3 is 2.88 bits per heavy atom. The number of nitrogens with one attached hydrogen (secondary N) is 1. The number of aryl methyl sites for hydroxylation is 1. The highest BCUT2D eigenvalue weighted by molar-refractivity contribution is 7.09. The van der Waals surface area contributed by atoms with Gasteiger partial charge in [-0.1, -0.05) is 0 Å². The number of nitrogens with zero attached hydrogens (tertiary/aromatic N) is 2. The number of ether oxygens (including phenoxy) is 1. The summed E-state index contributed by atoms with van der Waals surface area (Å²) in [4.78, 5) is 39.3. The van der Waals surface area contributed by atoms with Gasteiger partial charge in [-0.15, -0.1) is 11.3 Å². The molecule has 0 saturated heterocycles. The van der Waals surface area contributed by atoms with Crippen LogP contribution in [0.4, 0.5) is 0 Å². The molecular formula is C16H15N3O5S. The standard InChI is InChI=1S/C16H15N3O5S/c1-10-9-25-16(19-10)11(7-17)12(20)8-24-14(21)4-5-18-15(22)13-3-2-6-23-13/h2-3,6,9,11H,4-5,8H2,1H3,(H,18,22). The first-order chi connectivity index (χ1) is 12.0. The second-order valence-corrected chi connectivity index (χ2v) is 5.89. The molecule has 0 saturated carbocycles. The third-order valence-electron chi connectivity index (χ3n) is 3.07. The Bertz CT molecular complexity index is 791. The zero-order chi connectivity index (χ0) is 18.2. The first-order valence-corrected chi connectivity index (χ1v) is 8.21. The maximum atomic E-state index is 12.0. The van der Waals surface area contributed by atoms with Crippen LogP contribution in [0.3, 0.4) is 0 Å². The lowest BCUT2D eigenvalue weighted by molar-refractivity contribution is -0.147. The highest BCUT2D eigenvalue weighted by Gasteiger charge is 2.24. The lowest BCUT2D eigenvalue weighted by atomic mass is 10.1. The predicted molar refractivity (Wildman–Crippen MR) is 86.8 cm³/mol. The lowest BCUT2D eigenvalue weighted by Crippen LogP contribution is -2.27. The number of carbonyl (C=O) groups is 3. The van der Waals surface area contributed by atoms with Crippen LogP contribution in [0.2, 0.25) is 0 Å². The smallest absolute Gasteiger partial charge is 0.308 e. The largest absolute Gasteiger partial charge is 0.459 e. The Balaban J connectivity index is 1.73. The molecule has 0 aliphatic heterocycles. The molecule has 2 heterocycles. The predicted octanol–water partition coefficient (Wildman–Crippen LogP) is 1.58. The van der Waals surface area contributed by atoms with E-state index in [4.69, 9.17) is 14.4 Å². The Kier molecular flexibility index (Phi) is 6.42. The molecule has 130 valence electrons. The van der Waals surface area contributed by atoms with Crippen LogP contribution >= 0.6 is 11.3 Å². The molecule has 1 N–H and O–H groups in total. The third kappa shape index (κ3) is 5.26. The first kappa shape index (κ1) is 18.4.